The summed E-state index contributed by atoms with van der Waals surface area (Å²) in [5.41, 5.74) is 2.16. The Labute approximate surface area is 257 Å². The number of aliphatic hydroxyl groups excluding tert-OH is 1. The molecular formula is C29H37N6O5P3. The molecule has 5 N–H and O–H groups in total. The number of pyridine rings is 1. The lowest BCUT2D eigenvalue weighted by atomic mass is 10.0. The Kier molecular flexibility index (Phi) is 13.0. The van der Waals surface area contributed by atoms with Crippen LogP contribution in [0.4, 0.5) is 4.79 Å². The number of nitrogens with zero attached hydrogens (tertiary/aromatic N) is 2. The number of rotatable bonds is 11. The second-order valence-electron chi connectivity index (χ2n) is 9.83. The maximum atomic E-state index is 13.6. The van der Waals surface area contributed by atoms with Crippen molar-refractivity contribution in [2.45, 2.75) is 45.8 Å². The summed E-state index contributed by atoms with van der Waals surface area (Å²) in [5, 5.41) is 20.2. The van der Waals surface area contributed by atoms with Crippen molar-refractivity contribution in [2.75, 3.05) is 6.61 Å². The highest BCUT2D eigenvalue weighted by molar-refractivity contribution is 7.40. The number of aliphatic hydroxyl groups is 1. The Hall–Kier alpha value is -3.48. The van der Waals surface area contributed by atoms with E-state index in [1.807, 2.05) is 32.1 Å². The molecule has 3 amide bonds. The Morgan fingerprint density at radius 2 is 1.88 bits per heavy atom. The predicted octanol–water partition coefficient (Wildman–Crippen LogP) is 0.737. The van der Waals surface area contributed by atoms with Crippen molar-refractivity contribution in [1.82, 2.24) is 25.8 Å². The summed E-state index contributed by atoms with van der Waals surface area (Å²) < 4.78 is 0. The van der Waals surface area contributed by atoms with E-state index >= 15 is 0 Å². The number of H-pyrrole nitrogens is 1. The Morgan fingerprint density at radius 1 is 1.16 bits per heavy atom. The minimum absolute atomic E-state index is 0.00805. The number of nitrogens with one attached hydrogen (secondary N) is 4. The first-order chi connectivity index (χ1) is 20.6. The number of guanidine groups is 1. The number of carbonyl (C=O) groups excluding carboxylic acids is 3. The van der Waals surface area contributed by atoms with Gasteiger partial charge in [0.25, 0.3) is 5.56 Å². The highest BCUT2D eigenvalue weighted by Gasteiger charge is 2.22. The SMILES string of the molecule is C/C=C1/C=C(N=C(NC=O)NC(=O)N(Cc2cc(P)c(P)c(P)c2)Cc2ccc[nH]c2=O)C(=O)C=C1NC(C)CCCO. The van der Waals surface area contributed by atoms with E-state index in [1.165, 1.54) is 17.2 Å². The van der Waals surface area contributed by atoms with Crippen LogP contribution in [-0.2, 0) is 22.7 Å². The van der Waals surface area contributed by atoms with Gasteiger partial charge in [-0.1, -0.05) is 12.1 Å². The highest BCUT2D eigenvalue weighted by Crippen LogP contribution is 2.21. The van der Waals surface area contributed by atoms with Gasteiger partial charge in [0, 0.05) is 42.7 Å². The Bertz CT molecular complexity index is 1530. The van der Waals surface area contributed by atoms with E-state index in [0.717, 1.165) is 27.9 Å². The number of aliphatic imine (C=N–C) groups is 1. The monoisotopic (exact) mass is 642 g/mol. The highest BCUT2D eigenvalue weighted by atomic mass is 31.0. The van der Waals surface area contributed by atoms with Crippen LogP contribution in [0, 0.1) is 0 Å². The molecule has 0 saturated heterocycles. The molecule has 0 saturated carbocycles. The van der Waals surface area contributed by atoms with Crippen LogP contribution < -0.4 is 37.4 Å². The molecule has 1 aromatic heterocycles. The topological polar surface area (TPSA) is 156 Å². The summed E-state index contributed by atoms with van der Waals surface area (Å²) in [6.07, 6.45) is 7.99. The Morgan fingerprint density at radius 3 is 2.51 bits per heavy atom. The van der Waals surface area contributed by atoms with E-state index < -0.39 is 11.8 Å². The van der Waals surface area contributed by atoms with Gasteiger partial charge in [0.05, 0.1) is 6.54 Å². The van der Waals surface area contributed by atoms with Crippen molar-refractivity contribution in [1.29, 1.82) is 0 Å². The van der Waals surface area contributed by atoms with E-state index in [2.05, 4.69) is 53.6 Å². The summed E-state index contributed by atoms with van der Waals surface area (Å²) in [6.45, 7) is 3.96. The molecule has 0 bridgehead atoms. The molecule has 14 heteroatoms. The van der Waals surface area contributed by atoms with E-state index in [9.17, 15) is 19.2 Å². The molecule has 1 aromatic carbocycles. The third kappa shape index (κ3) is 9.77. The van der Waals surface area contributed by atoms with Crippen molar-refractivity contribution >= 4 is 67.8 Å². The van der Waals surface area contributed by atoms with E-state index in [0.29, 0.717) is 29.7 Å². The second kappa shape index (κ2) is 16.4. The minimum Gasteiger partial charge on any atom is -0.396 e. The summed E-state index contributed by atoms with van der Waals surface area (Å²) in [4.78, 5) is 58.7. The molecule has 0 fully saturated rings. The minimum atomic E-state index is -0.646. The largest absolute Gasteiger partial charge is 0.396 e. The van der Waals surface area contributed by atoms with E-state index in [-0.39, 0.29) is 43.0 Å². The van der Waals surface area contributed by atoms with Gasteiger partial charge >= 0.3 is 6.03 Å². The molecule has 3 rings (SSSR count). The fraction of sp³-hybridized carbons (Fsp3) is 0.276. The van der Waals surface area contributed by atoms with Crippen molar-refractivity contribution in [3.63, 3.8) is 0 Å². The molecule has 1 aliphatic rings. The van der Waals surface area contributed by atoms with Crippen LogP contribution in [0.3, 0.4) is 0 Å². The lowest BCUT2D eigenvalue weighted by Gasteiger charge is -2.24. The van der Waals surface area contributed by atoms with Crippen LogP contribution in [0.15, 0.2) is 75.4 Å². The maximum absolute atomic E-state index is 13.6. The fourth-order valence-corrected chi connectivity index (χ4v) is 5.38. The van der Waals surface area contributed by atoms with Gasteiger partial charge in [-0.25, -0.2) is 9.79 Å². The number of aromatic nitrogens is 1. The number of hydrogen-bond donors (Lipinski definition) is 5. The van der Waals surface area contributed by atoms with Crippen LogP contribution in [-0.4, -0.2) is 51.8 Å². The Balaban J connectivity index is 1.89. The number of hydrogen-bond acceptors (Lipinski definition) is 7. The summed E-state index contributed by atoms with van der Waals surface area (Å²) in [6, 6.07) is 6.50. The first kappa shape index (κ1) is 34.0. The third-order valence-corrected chi connectivity index (χ3v) is 8.81. The number of allylic oxidation sites excluding steroid dienone is 3. The van der Waals surface area contributed by atoms with E-state index in [4.69, 9.17) is 5.11 Å². The molecule has 0 radical (unpaired) electrons. The molecule has 4 unspecified atom stereocenters. The predicted molar refractivity (Wildman–Crippen MR) is 180 cm³/mol. The number of aromatic amines is 1. The third-order valence-electron chi connectivity index (χ3n) is 6.52. The molecule has 0 aliphatic heterocycles. The summed E-state index contributed by atoms with van der Waals surface area (Å²) >= 11 is 0. The van der Waals surface area contributed by atoms with Gasteiger partial charge < -0.3 is 20.3 Å². The average molecular weight is 643 g/mol. The number of benzene rings is 1. The standard InChI is InChI=1S/C29H37N6O5P3/c1-3-19-12-22(23(38)13-21(19)32-17(2)6-5-9-36)33-28(31-16-37)34-29(40)35(15-20-7-4-8-30-27(20)39)14-18-10-24(41)26(43)25(42)11-18/h3-4,7-8,10-13,16-17,32,36H,5-6,9,14-15,41-43H2,1-2H3,(H,30,39)(H2,31,33,34,37,40)/b19-3-. The van der Waals surface area contributed by atoms with Gasteiger partial charge in [-0.3, -0.25) is 25.0 Å². The van der Waals surface area contributed by atoms with Gasteiger partial charge in [0.15, 0.2) is 0 Å². The number of ketones is 1. The molecule has 0 spiro atoms. The van der Waals surface area contributed by atoms with Gasteiger partial charge in [-0.05, 0) is 78.0 Å². The van der Waals surface area contributed by atoms with Gasteiger partial charge in [-0.15, -0.1) is 27.7 Å². The van der Waals surface area contributed by atoms with Crippen molar-refractivity contribution in [3.05, 3.63) is 87.1 Å². The molecule has 2 aromatic rings. The molecular weight excluding hydrogens is 605 g/mol. The van der Waals surface area contributed by atoms with Crippen LogP contribution in [0.5, 0.6) is 0 Å². The molecule has 43 heavy (non-hydrogen) atoms. The van der Waals surface area contributed by atoms with Gasteiger partial charge in [0.2, 0.25) is 18.2 Å². The molecule has 4 atom stereocenters. The average Bonchev–Trinajstić information content (AvgIpc) is 2.96. The molecule has 228 valence electrons. The van der Waals surface area contributed by atoms with Gasteiger partial charge in [-0.2, -0.15) is 0 Å². The maximum Gasteiger partial charge on any atom is 0.324 e. The summed E-state index contributed by atoms with van der Waals surface area (Å²) in [7, 11) is 7.98. The molecule has 11 nitrogen and oxygen atoms in total. The molecule has 1 heterocycles. The zero-order valence-electron chi connectivity index (χ0n) is 24.0. The van der Waals surface area contributed by atoms with Crippen molar-refractivity contribution in [3.8, 4) is 0 Å². The molecule has 1 aliphatic carbocycles. The second-order valence-corrected chi connectivity index (χ2v) is 11.6. The quantitative estimate of drug-likeness (QED) is 0.105. The van der Waals surface area contributed by atoms with Crippen LogP contribution in [0.2, 0.25) is 0 Å². The zero-order valence-corrected chi connectivity index (χ0v) is 27.5. The van der Waals surface area contributed by atoms with Crippen LogP contribution in [0.25, 0.3) is 0 Å². The fourth-order valence-electron chi connectivity index (χ4n) is 4.28. The lowest BCUT2D eigenvalue weighted by Crippen LogP contribution is -2.47. The van der Waals surface area contributed by atoms with Gasteiger partial charge in [0.1, 0.15) is 5.70 Å². The van der Waals surface area contributed by atoms with E-state index in [1.54, 1.807) is 18.2 Å². The normalized spacial score (nSPS) is 15.0. The van der Waals surface area contributed by atoms with Crippen LogP contribution in [0.1, 0.15) is 37.8 Å². The van der Waals surface area contributed by atoms with Crippen molar-refractivity contribution in [2.24, 2.45) is 4.99 Å². The first-order valence-electron chi connectivity index (χ1n) is 13.5. The number of amides is 3. The first-order valence-corrected chi connectivity index (χ1v) is 15.3. The van der Waals surface area contributed by atoms with Crippen LogP contribution >= 0.6 is 27.7 Å². The number of carbonyl (C=O) groups is 3. The summed E-state index contributed by atoms with van der Waals surface area (Å²) in [5.74, 6) is -0.671. The number of urea groups is 1. The zero-order chi connectivity index (χ0) is 31.5. The lowest BCUT2D eigenvalue weighted by molar-refractivity contribution is -0.111. The smallest absolute Gasteiger partial charge is 0.324 e. The van der Waals surface area contributed by atoms with Crippen molar-refractivity contribution < 1.29 is 19.5 Å².